The van der Waals surface area contributed by atoms with Crippen molar-refractivity contribution in [1.29, 1.82) is 0 Å². The molecule has 0 aromatic carbocycles. The maximum atomic E-state index is 5.79. The molecule has 28 heavy (non-hydrogen) atoms. The molecule has 0 bridgehead atoms. The molecule has 0 saturated carbocycles. The molecular formula is C21H47NO4Si2. The molecule has 0 rings (SSSR count). The Balaban J connectivity index is 3.59. The number of hydrogen-bond donors (Lipinski definition) is 1. The van der Waals surface area contributed by atoms with Crippen LogP contribution >= 0.6 is 0 Å². The van der Waals surface area contributed by atoms with Crippen molar-refractivity contribution < 1.29 is 17.7 Å². The van der Waals surface area contributed by atoms with E-state index >= 15 is 0 Å². The lowest BCUT2D eigenvalue weighted by Gasteiger charge is -2.20. The first-order chi connectivity index (χ1) is 13.6. The summed E-state index contributed by atoms with van der Waals surface area (Å²) in [7, 11) is -2.19. The SMILES string of the molecule is CCO[Si](OCC)C(C)CCCCCCCNCCC(C)[Si](OCC)OCC. The second kappa shape index (κ2) is 20.5. The van der Waals surface area contributed by atoms with Crippen LogP contribution < -0.4 is 5.32 Å². The van der Waals surface area contributed by atoms with Crippen LogP contribution in [0.4, 0.5) is 0 Å². The Morgan fingerprint density at radius 2 is 1.00 bits per heavy atom. The predicted octanol–water partition coefficient (Wildman–Crippen LogP) is 5.21. The molecule has 0 amide bonds. The number of unbranched alkanes of at least 4 members (excludes halogenated alkanes) is 4. The zero-order valence-electron chi connectivity index (χ0n) is 19.5. The van der Waals surface area contributed by atoms with Gasteiger partial charge in [-0.1, -0.05) is 39.5 Å². The van der Waals surface area contributed by atoms with Gasteiger partial charge in [0, 0.05) is 37.5 Å². The highest BCUT2D eigenvalue weighted by atomic mass is 28.3. The topological polar surface area (TPSA) is 49.0 Å². The largest absolute Gasteiger partial charge is 0.393 e. The van der Waals surface area contributed by atoms with Crippen molar-refractivity contribution in [3.63, 3.8) is 0 Å². The van der Waals surface area contributed by atoms with Crippen molar-refractivity contribution in [1.82, 2.24) is 5.32 Å². The third-order valence-corrected chi connectivity index (χ3v) is 9.18. The van der Waals surface area contributed by atoms with E-state index in [4.69, 9.17) is 17.7 Å². The summed E-state index contributed by atoms with van der Waals surface area (Å²) in [5.41, 5.74) is 1.10. The van der Waals surface area contributed by atoms with Crippen LogP contribution in [-0.2, 0) is 17.7 Å². The molecule has 0 fully saturated rings. The Kier molecular flexibility index (Phi) is 20.7. The standard InChI is InChI=1S/C21H47NO4Si2/c1-7-23-27(24-8-2)20(5)16-14-12-11-13-15-18-22-19-17-21(6)28(25-9-3)26-10-4/h20-22H,7-19H2,1-6H3. The summed E-state index contributed by atoms with van der Waals surface area (Å²) in [6, 6.07) is 0. The van der Waals surface area contributed by atoms with Crippen molar-refractivity contribution in [2.75, 3.05) is 39.5 Å². The Hall–Kier alpha value is 0.234. The first-order valence-electron chi connectivity index (χ1n) is 11.6. The Labute approximate surface area is 178 Å². The zero-order chi connectivity index (χ0) is 21.0. The highest BCUT2D eigenvalue weighted by Gasteiger charge is 2.23. The summed E-state index contributed by atoms with van der Waals surface area (Å²) in [6.07, 6.45) is 8.90. The van der Waals surface area contributed by atoms with Gasteiger partial charge in [0.15, 0.2) is 0 Å². The van der Waals surface area contributed by atoms with Crippen LogP contribution in [0.1, 0.15) is 86.5 Å². The minimum Gasteiger partial charge on any atom is -0.393 e. The molecule has 7 heteroatoms. The fraction of sp³-hybridized carbons (Fsp3) is 1.00. The van der Waals surface area contributed by atoms with Gasteiger partial charge in [-0.3, -0.25) is 0 Å². The van der Waals surface area contributed by atoms with E-state index in [-0.39, 0.29) is 0 Å². The van der Waals surface area contributed by atoms with Gasteiger partial charge in [0.1, 0.15) is 0 Å². The molecule has 0 aliphatic heterocycles. The molecule has 168 valence electrons. The van der Waals surface area contributed by atoms with E-state index < -0.39 is 18.6 Å². The molecule has 1 N–H and O–H groups in total. The summed E-state index contributed by atoms with van der Waals surface area (Å²) in [5, 5.41) is 3.58. The van der Waals surface area contributed by atoms with Gasteiger partial charge in [0.2, 0.25) is 0 Å². The minimum atomic E-state index is -1.11. The summed E-state index contributed by atoms with van der Waals surface area (Å²) in [6.45, 7) is 18.0. The highest BCUT2D eigenvalue weighted by molar-refractivity contribution is 6.46. The van der Waals surface area contributed by atoms with Gasteiger partial charge in [-0.05, 0) is 60.0 Å². The Morgan fingerprint density at radius 3 is 1.50 bits per heavy atom. The lowest BCUT2D eigenvalue weighted by Crippen LogP contribution is -2.30. The summed E-state index contributed by atoms with van der Waals surface area (Å²) < 4.78 is 23.1. The molecule has 2 atom stereocenters. The van der Waals surface area contributed by atoms with Crippen molar-refractivity contribution in [3.8, 4) is 0 Å². The van der Waals surface area contributed by atoms with Crippen molar-refractivity contribution in [2.24, 2.45) is 0 Å². The molecule has 0 aliphatic carbocycles. The summed E-state index contributed by atoms with van der Waals surface area (Å²) in [4.78, 5) is 0. The molecule has 0 aromatic rings. The first kappa shape index (κ1) is 28.2. The normalized spacial score (nSPS) is 14.1. The van der Waals surface area contributed by atoms with Gasteiger partial charge in [0.25, 0.3) is 0 Å². The number of rotatable bonds is 21. The lowest BCUT2D eigenvalue weighted by molar-refractivity contribution is 0.203. The molecule has 2 radical (unpaired) electrons. The van der Waals surface area contributed by atoms with Gasteiger partial charge in [-0.25, -0.2) is 0 Å². The van der Waals surface area contributed by atoms with Crippen LogP contribution in [0, 0.1) is 0 Å². The van der Waals surface area contributed by atoms with Crippen LogP contribution in [0.15, 0.2) is 0 Å². The van der Waals surface area contributed by atoms with Crippen LogP contribution in [0.25, 0.3) is 0 Å². The van der Waals surface area contributed by atoms with Gasteiger partial charge in [-0.15, -0.1) is 0 Å². The van der Waals surface area contributed by atoms with Crippen molar-refractivity contribution >= 4 is 18.6 Å². The first-order valence-corrected chi connectivity index (χ1v) is 14.3. The zero-order valence-corrected chi connectivity index (χ0v) is 21.5. The fourth-order valence-electron chi connectivity index (χ4n) is 3.13. The van der Waals surface area contributed by atoms with E-state index in [0.717, 1.165) is 45.9 Å². The van der Waals surface area contributed by atoms with Crippen LogP contribution in [0.3, 0.4) is 0 Å². The second-order valence-corrected chi connectivity index (χ2v) is 11.7. The molecule has 5 nitrogen and oxygen atoms in total. The molecule has 2 unspecified atom stereocenters. The monoisotopic (exact) mass is 433 g/mol. The summed E-state index contributed by atoms with van der Waals surface area (Å²) >= 11 is 0. The second-order valence-electron chi connectivity index (χ2n) is 7.27. The molecule has 0 heterocycles. The van der Waals surface area contributed by atoms with Gasteiger partial charge < -0.3 is 23.0 Å². The van der Waals surface area contributed by atoms with Crippen LogP contribution in [-0.4, -0.2) is 58.1 Å². The number of nitrogens with one attached hydrogen (secondary N) is 1. The van der Waals surface area contributed by atoms with E-state index in [2.05, 4.69) is 33.0 Å². The highest BCUT2D eigenvalue weighted by Crippen LogP contribution is 2.20. The average Bonchev–Trinajstić information content (AvgIpc) is 2.68. The molecule has 0 aliphatic rings. The average molecular weight is 434 g/mol. The molecule has 0 spiro atoms. The van der Waals surface area contributed by atoms with E-state index in [1.165, 1.54) is 38.5 Å². The van der Waals surface area contributed by atoms with Crippen LogP contribution in [0.5, 0.6) is 0 Å². The van der Waals surface area contributed by atoms with Crippen molar-refractivity contribution in [3.05, 3.63) is 0 Å². The molecule has 0 saturated heterocycles. The summed E-state index contributed by atoms with van der Waals surface area (Å²) in [5.74, 6) is 0. The van der Waals surface area contributed by atoms with Gasteiger partial charge >= 0.3 is 18.6 Å². The predicted molar refractivity (Wildman–Crippen MR) is 122 cm³/mol. The Morgan fingerprint density at radius 1 is 0.571 bits per heavy atom. The van der Waals surface area contributed by atoms with Crippen molar-refractivity contribution in [2.45, 2.75) is 97.6 Å². The lowest BCUT2D eigenvalue weighted by atomic mass is 10.1. The Bertz CT molecular complexity index is 285. The third kappa shape index (κ3) is 15.1. The maximum Gasteiger partial charge on any atom is 0.387 e. The van der Waals surface area contributed by atoms with E-state index in [1.807, 2.05) is 13.8 Å². The van der Waals surface area contributed by atoms with Gasteiger partial charge in [-0.2, -0.15) is 0 Å². The fourth-order valence-corrected chi connectivity index (χ4v) is 6.39. The van der Waals surface area contributed by atoms with E-state index in [0.29, 0.717) is 11.1 Å². The quantitative estimate of drug-likeness (QED) is 0.199. The maximum absolute atomic E-state index is 5.79. The van der Waals surface area contributed by atoms with Crippen LogP contribution in [0.2, 0.25) is 11.1 Å². The molecule has 0 aromatic heterocycles. The number of hydrogen-bond acceptors (Lipinski definition) is 5. The third-order valence-electron chi connectivity index (χ3n) is 4.70. The smallest absolute Gasteiger partial charge is 0.387 e. The van der Waals surface area contributed by atoms with E-state index in [9.17, 15) is 0 Å². The molecular weight excluding hydrogens is 386 g/mol. The van der Waals surface area contributed by atoms with E-state index in [1.54, 1.807) is 0 Å². The minimum absolute atomic E-state index is 0.527. The van der Waals surface area contributed by atoms with Gasteiger partial charge in [0.05, 0.1) is 0 Å².